The SMILES string of the molecule is O=C(C=Cc1ccccc1)Oc1ccc(C(=O)C=Cc2ccc3c(c2)OCO3)cc1. The van der Waals surface area contributed by atoms with E-state index in [4.69, 9.17) is 14.2 Å². The van der Waals surface area contributed by atoms with Crippen molar-refractivity contribution in [2.24, 2.45) is 0 Å². The number of rotatable bonds is 6. The molecular weight excluding hydrogens is 380 g/mol. The van der Waals surface area contributed by atoms with Gasteiger partial charge in [-0.1, -0.05) is 42.5 Å². The van der Waals surface area contributed by atoms with Crippen molar-refractivity contribution in [2.45, 2.75) is 0 Å². The number of fused-ring (bicyclic) bond motifs is 1. The number of benzene rings is 3. The zero-order valence-electron chi connectivity index (χ0n) is 16.0. The summed E-state index contributed by atoms with van der Waals surface area (Å²) >= 11 is 0. The molecule has 0 fully saturated rings. The average molecular weight is 398 g/mol. The van der Waals surface area contributed by atoms with Gasteiger partial charge in [0.25, 0.3) is 0 Å². The molecule has 5 heteroatoms. The molecule has 1 aliphatic heterocycles. The normalized spacial score (nSPS) is 12.4. The van der Waals surface area contributed by atoms with Crippen molar-refractivity contribution in [1.82, 2.24) is 0 Å². The molecule has 148 valence electrons. The van der Waals surface area contributed by atoms with E-state index in [1.165, 1.54) is 12.2 Å². The van der Waals surface area contributed by atoms with E-state index in [1.807, 2.05) is 48.5 Å². The number of carbonyl (C=O) groups excluding carboxylic acids is 2. The van der Waals surface area contributed by atoms with Crippen molar-refractivity contribution in [3.63, 3.8) is 0 Å². The van der Waals surface area contributed by atoms with Gasteiger partial charge in [0.2, 0.25) is 6.79 Å². The van der Waals surface area contributed by atoms with Crippen LogP contribution in [0, 0.1) is 0 Å². The molecule has 0 spiro atoms. The van der Waals surface area contributed by atoms with Crippen LogP contribution in [0.3, 0.4) is 0 Å². The Balaban J connectivity index is 1.35. The second-order valence-electron chi connectivity index (χ2n) is 6.50. The third-order valence-corrected chi connectivity index (χ3v) is 4.39. The van der Waals surface area contributed by atoms with Gasteiger partial charge in [0, 0.05) is 11.6 Å². The van der Waals surface area contributed by atoms with E-state index in [0.717, 1.165) is 11.1 Å². The molecule has 30 heavy (non-hydrogen) atoms. The molecule has 3 aromatic carbocycles. The number of esters is 1. The molecule has 4 rings (SSSR count). The lowest BCUT2D eigenvalue weighted by Crippen LogP contribution is -2.04. The lowest BCUT2D eigenvalue weighted by atomic mass is 10.1. The molecule has 0 aromatic heterocycles. The van der Waals surface area contributed by atoms with Gasteiger partial charge in [-0.3, -0.25) is 4.79 Å². The fourth-order valence-electron chi connectivity index (χ4n) is 2.85. The number of ether oxygens (including phenoxy) is 3. The van der Waals surface area contributed by atoms with Gasteiger partial charge in [-0.15, -0.1) is 0 Å². The Kier molecular flexibility index (Phi) is 5.71. The highest BCUT2D eigenvalue weighted by Crippen LogP contribution is 2.32. The zero-order chi connectivity index (χ0) is 20.8. The Morgan fingerprint density at radius 3 is 2.30 bits per heavy atom. The van der Waals surface area contributed by atoms with Crippen molar-refractivity contribution in [3.8, 4) is 17.2 Å². The molecule has 1 aliphatic rings. The monoisotopic (exact) mass is 398 g/mol. The number of hydrogen-bond acceptors (Lipinski definition) is 5. The third kappa shape index (κ3) is 4.83. The van der Waals surface area contributed by atoms with Gasteiger partial charge >= 0.3 is 5.97 Å². The topological polar surface area (TPSA) is 61.8 Å². The van der Waals surface area contributed by atoms with E-state index in [0.29, 0.717) is 22.8 Å². The van der Waals surface area contributed by atoms with E-state index in [1.54, 1.807) is 36.4 Å². The second-order valence-corrected chi connectivity index (χ2v) is 6.50. The summed E-state index contributed by atoms with van der Waals surface area (Å²) in [6.07, 6.45) is 6.25. The predicted octanol–water partition coefficient (Wildman–Crippen LogP) is 4.93. The van der Waals surface area contributed by atoms with Crippen LogP contribution in [0.15, 0.2) is 84.9 Å². The van der Waals surface area contributed by atoms with Gasteiger partial charge in [0.1, 0.15) is 5.75 Å². The molecule has 0 bridgehead atoms. The van der Waals surface area contributed by atoms with Crippen molar-refractivity contribution in [2.75, 3.05) is 6.79 Å². The number of ketones is 1. The molecular formula is C25H18O5. The zero-order valence-corrected chi connectivity index (χ0v) is 16.0. The van der Waals surface area contributed by atoms with E-state index >= 15 is 0 Å². The summed E-state index contributed by atoms with van der Waals surface area (Å²) < 4.78 is 15.9. The first-order valence-corrected chi connectivity index (χ1v) is 9.34. The van der Waals surface area contributed by atoms with Crippen molar-refractivity contribution in [1.29, 1.82) is 0 Å². The lowest BCUT2D eigenvalue weighted by Gasteiger charge is -2.02. The minimum atomic E-state index is -0.486. The van der Waals surface area contributed by atoms with E-state index in [2.05, 4.69) is 0 Å². The molecule has 0 atom stereocenters. The second kappa shape index (κ2) is 8.92. The Labute approximate surface area is 173 Å². The summed E-state index contributed by atoms with van der Waals surface area (Å²) in [5.74, 6) is 1.09. The minimum Gasteiger partial charge on any atom is -0.454 e. The predicted molar refractivity (Wildman–Crippen MR) is 113 cm³/mol. The average Bonchev–Trinajstić information content (AvgIpc) is 3.25. The van der Waals surface area contributed by atoms with Crippen LogP contribution in [0.25, 0.3) is 12.2 Å². The first kappa shape index (κ1) is 19.2. The van der Waals surface area contributed by atoms with Gasteiger partial charge < -0.3 is 14.2 Å². The Hall–Kier alpha value is -4.12. The summed E-state index contributed by atoms with van der Waals surface area (Å²) in [6, 6.07) is 21.4. The Morgan fingerprint density at radius 2 is 1.50 bits per heavy atom. The molecule has 0 aliphatic carbocycles. The van der Waals surface area contributed by atoms with Crippen LogP contribution in [0.1, 0.15) is 21.5 Å². The molecule has 3 aromatic rings. The summed E-state index contributed by atoms with van der Waals surface area (Å²) in [4.78, 5) is 24.3. The summed E-state index contributed by atoms with van der Waals surface area (Å²) in [6.45, 7) is 0.209. The standard InChI is InChI=1S/C25H18O5/c26-22(13-6-19-7-14-23-24(16-19)29-17-28-23)20-9-11-21(12-10-20)30-25(27)15-8-18-4-2-1-3-5-18/h1-16H,17H2. The largest absolute Gasteiger partial charge is 0.454 e. The highest BCUT2D eigenvalue weighted by Gasteiger charge is 2.12. The van der Waals surface area contributed by atoms with Crippen LogP contribution >= 0.6 is 0 Å². The smallest absolute Gasteiger partial charge is 0.336 e. The number of hydrogen-bond donors (Lipinski definition) is 0. The molecule has 0 radical (unpaired) electrons. The highest BCUT2D eigenvalue weighted by atomic mass is 16.7. The van der Waals surface area contributed by atoms with Crippen LogP contribution < -0.4 is 14.2 Å². The van der Waals surface area contributed by atoms with E-state index in [9.17, 15) is 9.59 Å². The quantitative estimate of drug-likeness (QED) is 0.255. The van der Waals surface area contributed by atoms with Gasteiger partial charge in [0.15, 0.2) is 17.3 Å². The molecule has 0 unspecified atom stereocenters. The van der Waals surface area contributed by atoms with E-state index < -0.39 is 5.97 Å². The maximum Gasteiger partial charge on any atom is 0.336 e. The minimum absolute atomic E-state index is 0.158. The van der Waals surface area contributed by atoms with Crippen LogP contribution in [0.4, 0.5) is 0 Å². The maximum atomic E-state index is 12.4. The van der Waals surface area contributed by atoms with Gasteiger partial charge in [0.05, 0.1) is 0 Å². The molecule has 5 nitrogen and oxygen atoms in total. The number of carbonyl (C=O) groups is 2. The molecule has 1 heterocycles. The van der Waals surface area contributed by atoms with Gasteiger partial charge in [-0.2, -0.15) is 0 Å². The fourth-order valence-corrected chi connectivity index (χ4v) is 2.85. The highest BCUT2D eigenvalue weighted by molar-refractivity contribution is 6.06. The van der Waals surface area contributed by atoms with Crippen LogP contribution in [-0.2, 0) is 4.79 Å². The van der Waals surface area contributed by atoms with Crippen molar-refractivity contribution in [3.05, 3.63) is 102 Å². The Bertz CT molecular complexity index is 1110. The van der Waals surface area contributed by atoms with Crippen molar-refractivity contribution >= 4 is 23.9 Å². The molecule has 0 saturated heterocycles. The summed E-state index contributed by atoms with van der Waals surface area (Å²) in [7, 11) is 0. The molecule has 0 saturated carbocycles. The first-order valence-electron chi connectivity index (χ1n) is 9.34. The molecule has 0 amide bonds. The summed E-state index contributed by atoms with van der Waals surface area (Å²) in [5, 5.41) is 0. The lowest BCUT2D eigenvalue weighted by molar-refractivity contribution is -0.128. The number of allylic oxidation sites excluding steroid dienone is 1. The van der Waals surface area contributed by atoms with Gasteiger partial charge in [-0.25, -0.2) is 4.79 Å². The Morgan fingerprint density at radius 1 is 0.767 bits per heavy atom. The molecule has 0 N–H and O–H groups in total. The maximum absolute atomic E-state index is 12.4. The fraction of sp³-hybridized carbons (Fsp3) is 0.0400. The van der Waals surface area contributed by atoms with Crippen LogP contribution in [0.2, 0.25) is 0 Å². The first-order chi connectivity index (χ1) is 14.7. The van der Waals surface area contributed by atoms with E-state index in [-0.39, 0.29) is 12.6 Å². The third-order valence-electron chi connectivity index (χ3n) is 4.39. The van der Waals surface area contributed by atoms with Crippen LogP contribution in [-0.4, -0.2) is 18.5 Å². The summed E-state index contributed by atoms with van der Waals surface area (Å²) in [5.41, 5.74) is 2.24. The van der Waals surface area contributed by atoms with Gasteiger partial charge in [-0.05, 0) is 59.7 Å². The van der Waals surface area contributed by atoms with Crippen LogP contribution in [0.5, 0.6) is 17.2 Å². The van der Waals surface area contributed by atoms with Crippen molar-refractivity contribution < 1.29 is 23.8 Å².